The van der Waals surface area contributed by atoms with Crippen LogP contribution in [0.2, 0.25) is 0 Å². The number of halogens is 1. The molecular formula is C21H22BFN2O4. The van der Waals surface area contributed by atoms with Crippen LogP contribution in [0.1, 0.15) is 28.8 Å². The molecule has 3 rings (SSSR count). The third kappa shape index (κ3) is 4.95. The van der Waals surface area contributed by atoms with Crippen LogP contribution in [0.3, 0.4) is 0 Å². The van der Waals surface area contributed by atoms with Gasteiger partial charge in [0.1, 0.15) is 13.7 Å². The molecule has 1 aliphatic rings. The van der Waals surface area contributed by atoms with E-state index < -0.39 is 17.9 Å². The molecule has 0 bridgehead atoms. The van der Waals surface area contributed by atoms with E-state index in [9.17, 15) is 19.1 Å². The predicted molar refractivity (Wildman–Crippen MR) is 108 cm³/mol. The molecule has 2 amide bonds. The van der Waals surface area contributed by atoms with Crippen LogP contribution in [0.25, 0.3) is 0 Å². The monoisotopic (exact) mass is 396 g/mol. The van der Waals surface area contributed by atoms with Crippen LogP contribution in [0.15, 0.2) is 42.5 Å². The highest BCUT2D eigenvalue weighted by atomic mass is 19.1. The molecule has 0 aromatic heterocycles. The van der Waals surface area contributed by atoms with Gasteiger partial charge < -0.3 is 14.7 Å². The number of anilines is 1. The first-order valence-electron chi connectivity index (χ1n) is 9.36. The lowest BCUT2D eigenvalue weighted by Crippen LogP contribution is -2.47. The number of likely N-dealkylation sites (tertiary alicyclic amines) is 1. The molecule has 0 spiro atoms. The van der Waals surface area contributed by atoms with Crippen LogP contribution in [0.5, 0.6) is 0 Å². The van der Waals surface area contributed by atoms with E-state index in [0.717, 1.165) is 6.07 Å². The van der Waals surface area contributed by atoms with E-state index in [1.165, 1.54) is 24.1 Å². The van der Waals surface area contributed by atoms with Gasteiger partial charge >= 0.3 is 12.0 Å². The molecule has 150 valence electrons. The highest BCUT2D eigenvalue weighted by molar-refractivity contribution is 6.32. The smallest absolute Gasteiger partial charge is 0.337 e. The van der Waals surface area contributed by atoms with Gasteiger partial charge in [0.05, 0.1) is 25.3 Å². The first kappa shape index (κ1) is 20.9. The molecule has 2 aromatic rings. The number of rotatable bonds is 4. The second-order valence-electron chi connectivity index (χ2n) is 6.98. The lowest BCUT2D eigenvalue weighted by atomic mass is 9.95. The minimum atomic E-state index is -0.633. The number of amides is 2. The number of urea groups is 1. The van der Waals surface area contributed by atoms with Crippen molar-refractivity contribution in [2.45, 2.75) is 25.5 Å². The van der Waals surface area contributed by atoms with Crippen molar-refractivity contribution in [1.82, 2.24) is 4.90 Å². The Balaban J connectivity index is 1.89. The van der Waals surface area contributed by atoms with Crippen LogP contribution in [0.4, 0.5) is 14.9 Å². The molecule has 0 atom stereocenters. The van der Waals surface area contributed by atoms with Crippen LogP contribution >= 0.6 is 0 Å². The standard InChI is InChI=1S/C21H22BFN2O4/c1-29-20(27)14-5-6-15(19(23)11-14)13-25(17-4-2-3-16(22)12-17)21(28)24-9-7-18(26)8-10-24/h2-6,11-12,18,26H,7-10,13H2,1H3. The van der Waals surface area contributed by atoms with E-state index in [0.29, 0.717) is 37.1 Å². The number of aliphatic hydroxyl groups is 1. The Morgan fingerprint density at radius 3 is 2.59 bits per heavy atom. The van der Waals surface area contributed by atoms with Gasteiger partial charge in [-0.15, -0.1) is 0 Å². The fourth-order valence-corrected chi connectivity index (χ4v) is 3.28. The maximum absolute atomic E-state index is 14.6. The third-order valence-electron chi connectivity index (χ3n) is 4.95. The molecule has 0 aliphatic carbocycles. The molecule has 29 heavy (non-hydrogen) atoms. The van der Waals surface area contributed by atoms with Gasteiger partial charge in [0.25, 0.3) is 0 Å². The molecule has 1 heterocycles. The average molecular weight is 396 g/mol. The zero-order valence-corrected chi connectivity index (χ0v) is 16.2. The topological polar surface area (TPSA) is 70.1 Å². The second kappa shape index (κ2) is 9.09. The summed E-state index contributed by atoms with van der Waals surface area (Å²) in [5, 5.41) is 9.71. The van der Waals surface area contributed by atoms with E-state index in [1.54, 1.807) is 29.2 Å². The number of carbonyl (C=O) groups excluding carboxylic acids is 2. The van der Waals surface area contributed by atoms with E-state index in [1.807, 2.05) is 0 Å². The summed E-state index contributed by atoms with van der Waals surface area (Å²) >= 11 is 0. The number of esters is 1. The minimum absolute atomic E-state index is 0.0331. The number of hydrogen-bond donors (Lipinski definition) is 1. The first-order valence-corrected chi connectivity index (χ1v) is 9.36. The molecule has 0 saturated carbocycles. The second-order valence-corrected chi connectivity index (χ2v) is 6.98. The SMILES string of the molecule is [B]c1cccc(N(Cc2ccc(C(=O)OC)cc2F)C(=O)N2CCC(O)CC2)c1. The van der Waals surface area contributed by atoms with Gasteiger partial charge in [-0.25, -0.2) is 14.0 Å². The number of hydrogen-bond acceptors (Lipinski definition) is 4. The third-order valence-corrected chi connectivity index (χ3v) is 4.95. The van der Waals surface area contributed by atoms with Crippen LogP contribution < -0.4 is 10.4 Å². The van der Waals surface area contributed by atoms with E-state index in [-0.39, 0.29) is 23.7 Å². The Labute approximate surface area is 170 Å². The van der Waals surface area contributed by atoms with Crippen LogP contribution in [0, 0.1) is 5.82 Å². The van der Waals surface area contributed by atoms with E-state index >= 15 is 0 Å². The maximum Gasteiger partial charge on any atom is 0.337 e. The van der Waals surface area contributed by atoms with Crippen molar-refractivity contribution in [1.29, 1.82) is 0 Å². The summed E-state index contributed by atoms with van der Waals surface area (Å²) in [7, 11) is 7.10. The number of piperidine rings is 1. The number of methoxy groups -OCH3 is 1. The molecule has 1 N–H and O–H groups in total. The zero-order chi connectivity index (χ0) is 21.0. The molecule has 2 radical (unpaired) electrons. The lowest BCUT2D eigenvalue weighted by Gasteiger charge is -2.34. The normalized spacial score (nSPS) is 14.5. The summed E-state index contributed by atoms with van der Waals surface area (Å²) in [6, 6.07) is 10.5. The molecule has 8 heteroatoms. The molecule has 6 nitrogen and oxygen atoms in total. The van der Waals surface area contributed by atoms with Gasteiger partial charge in [0.15, 0.2) is 0 Å². The highest BCUT2D eigenvalue weighted by Crippen LogP contribution is 2.22. The van der Waals surface area contributed by atoms with Crippen molar-refractivity contribution in [3.05, 3.63) is 59.4 Å². The summed E-state index contributed by atoms with van der Waals surface area (Å²) in [5.74, 6) is -1.24. The average Bonchev–Trinajstić information content (AvgIpc) is 2.72. The molecule has 1 aliphatic heterocycles. The number of nitrogens with zero attached hydrogens (tertiary/aromatic N) is 2. The number of aliphatic hydroxyl groups excluding tert-OH is 1. The van der Waals surface area contributed by atoms with Gasteiger partial charge in [0, 0.05) is 24.3 Å². The Bertz CT molecular complexity index is 900. The molecule has 1 fully saturated rings. The van der Waals surface area contributed by atoms with Gasteiger partial charge in [-0.3, -0.25) is 4.90 Å². The lowest BCUT2D eigenvalue weighted by molar-refractivity contribution is 0.0600. The Hall–Kier alpha value is -2.87. The summed E-state index contributed by atoms with van der Waals surface area (Å²) < 4.78 is 19.3. The van der Waals surface area contributed by atoms with Gasteiger partial charge in [-0.2, -0.15) is 0 Å². The van der Waals surface area contributed by atoms with Crippen molar-refractivity contribution in [3.63, 3.8) is 0 Å². The quantitative estimate of drug-likeness (QED) is 0.634. The number of carbonyl (C=O) groups is 2. The summed E-state index contributed by atoms with van der Waals surface area (Å²) in [6.07, 6.45) is 0.584. The van der Waals surface area contributed by atoms with Gasteiger partial charge in [-0.1, -0.05) is 23.7 Å². The van der Waals surface area contributed by atoms with Crippen molar-refractivity contribution < 1.29 is 23.8 Å². The number of benzene rings is 2. The summed E-state index contributed by atoms with van der Waals surface area (Å²) in [4.78, 5) is 27.9. The Morgan fingerprint density at radius 2 is 1.97 bits per heavy atom. The van der Waals surface area contributed by atoms with Crippen molar-refractivity contribution in [3.8, 4) is 0 Å². The Morgan fingerprint density at radius 1 is 1.24 bits per heavy atom. The van der Waals surface area contributed by atoms with Gasteiger partial charge in [-0.05, 0) is 37.1 Å². The fourth-order valence-electron chi connectivity index (χ4n) is 3.28. The van der Waals surface area contributed by atoms with Crippen LogP contribution in [-0.4, -0.2) is 56.2 Å². The molecule has 0 unspecified atom stereocenters. The van der Waals surface area contributed by atoms with E-state index in [2.05, 4.69) is 4.74 Å². The molecule has 1 saturated heterocycles. The highest BCUT2D eigenvalue weighted by Gasteiger charge is 2.27. The minimum Gasteiger partial charge on any atom is -0.465 e. The summed E-state index contributed by atoms with van der Waals surface area (Å²) in [5.41, 5.74) is 1.37. The molecular weight excluding hydrogens is 374 g/mol. The predicted octanol–water partition coefficient (Wildman–Crippen LogP) is 1.99. The van der Waals surface area contributed by atoms with Crippen molar-refractivity contribution >= 4 is 31.0 Å². The van der Waals surface area contributed by atoms with Crippen LogP contribution in [-0.2, 0) is 11.3 Å². The van der Waals surface area contributed by atoms with Crippen molar-refractivity contribution in [2.24, 2.45) is 0 Å². The van der Waals surface area contributed by atoms with Crippen molar-refractivity contribution in [2.75, 3.05) is 25.1 Å². The first-order chi connectivity index (χ1) is 13.9. The fraction of sp³-hybridized carbons (Fsp3) is 0.333. The number of ether oxygens (including phenoxy) is 1. The Kier molecular flexibility index (Phi) is 6.54. The largest absolute Gasteiger partial charge is 0.465 e. The summed E-state index contributed by atoms with van der Waals surface area (Å²) in [6.45, 7) is 0.805. The maximum atomic E-state index is 14.6. The van der Waals surface area contributed by atoms with Gasteiger partial charge in [0.2, 0.25) is 0 Å². The van der Waals surface area contributed by atoms with E-state index in [4.69, 9.17) is 7.85 Å². The molecule has 2 aromatic carbocycles. The zero-order valence-electron chi connectivity index (χ0n) is 16.2.